The maximum atomic E-state index is 13.0. The van der Waals surface area contributed by atoms with Gasteiger partial charge in [-0.3, -0.25) is 19.6 Å². The molecule has 0 aliphatic carbocycles. The summed E-state index contributed by atoms with van der Waals surface area (Å²) in [5.41, 5.74) is 1.49. The Kier molecular flexibility index (Phi) is 5.47. The lowest BCUT2D eigenvalue weighted by Crippen LogP contribution is -2.17. The Morgan fingerprint density at radius 3 is 2.31 bits per heavy atom. The Labute approximate surface area is 168 Å². The number of nitro benzene ring substituents is 1. The highest BCUT2D eigenvalue weighted by atomic mass is 32.2. The lowest BCUT2D eigenvalue weighted by Gasteiger charge is -2.14. The summed E-state index contributed by atoms with van der Waals surface area (Å²) in [6.07, 6.45) is 0. The standard InChI is InChI=1S/C21H18N2O5S/c1-14-11-19(21(24)16-7-4-3-5-8-16)15(2)20(12-14)29(27,28)22-17-9-6-10-18(13-17)23(25)26/h3-13,22H,1-2H3. The number of rotatable bonds is 6. The van der Waals surface area contributed by atoms with E-state index in [0.717, 1.165) is 6.07 Å². The number of anilines is 1. The lowest BCUT2D eigenvalue weighted by atomic mass is 9.97. The monoisotopic (exact) mass is 410 g/mol. The summed E-state index contributed by atoms with van der Waals surface area (Å²) in [5, 5.41) is 10.9. The van der Waals surface area contributed by atoms with Gasteiger partial charge in [0.25, 0.3) is 15.7 Å². The fraction of sp³-hybridized carbons (Fsp3) is 0.0952. The summed E-state index contributed by atoms with van der Waals surface area (Å²) in [4.78, 5) is 23.2. The molecule has 0 bridgehead atoms. The Morgan fingerprint density at radius 1 is 0.966 bits per heavy atom. The summed E-state index contributed by atoms with van der Waals surface area (Å²) >= 11 is 0. The SMILES string of the molecule is Cc1cc(C(=O)c2ccccc2)c(C)c(S(=O)(=O)Nc2cccc([N+](=O)[O-])c2)c1. The van der Waals surface area contributed by atoms with Crippen molar-refractivity contribution in [3.05, 3.63) is 99.1 Å². The number of nitrogens with one attached hydrogen (secondary N) is 1. The number of non-ortho nitro benzene ring substituents is 1. The number of hydrogen-bond acceptors (Lipinski definition) is 5. The first-order chi connectivity index (χ1) is 13.7. The van der Waals surface area contributed by atoms with Crippen molar-refractivity contribution in [2.24, 2.45) is 0 Å². The van der Waals surface area contributed by atoms with Gasteiger partial charge in [-0.1, -0.05) is 36.4 Å². The van der Waals surface area contributed by atoms with Gasteiger partial charge in [-0.05, 0) is 43.2 Å². The highest BCUT2D eigenvalue weighted by molar-refractivity contribution is 7.92. The minimum absolute atomic E-state index is 0.0525. The Bertz CT molecular complexity index is 1200. The number of hydrogen-bond donors (Lipinski definition) is 1. The number of sulfonamides is 1. The molecule has 0 amide bonds. The first-order valence-electron chi connectivity index (χ1n) is 8.67. The van der Waals surface area contributed by atoms with Crippen LogP contribution in [0.2, 0.25) is 0 Å². The maximum Gasteiger partial charge on any atom is 0.271 e. The van der Waals surface area contributed by atoms with Gasteiger partial charge in [-0.2, -0.15) is 0 Å². The van der Waals surface area contributed by atoms with Crippen LogP contribution in [0.25, 0.3) is 0 Å². The van der Waals surface area contributed by atoms with Crippen molar-refractivity contribution >= 4 is 27.2 Å². The molecular formula is C21H18N2O5S. The van der Waals surface area contributed by atoms with Gasteiger partial charge in [0.05, 0.1) is 15.5 Å². The highest BCUT2D eigenvalue weighted by Crippen LogP contribution is 2.27. The van der Waals surface area contributed by atoms with Crippen LogP contribution in [0.15, 0.2) is 71.6 Å². The molecule has 0 atom stereocenters. The van der Waals surface area contributed by atoms with E-state index in [1.54, 1.807) is 50.2 Å². The smallest absolute Gasteiger partial charge is 0.271 e. The molecular weight excluding hydrogens is 392 g/mol. The van der Waals surface area contributed by atoms with Gasteiger partial charge in [0.15, 0.2) is 5.78 Å². The second-order valence-corrected chi connectivity index (χ2v) is 8.19. The van der Waals surface area contributed by atoms with Crippen molar-refractivity contribution in [1.29, 1.82) is 0 Å². The predicted octanol–water partition coefficient (Wildman–Crippen LogP) is 4.24. The second-order valence-electron chi connectivity index (χ2n) is 6.54. The predicted molar refractivity (Wildman–Crippen MR) is 110 cm³/mol. The van der Waals surface area contributed by atoms with Crippen molar-refractivity contribution in [3.63, 3.8) is 0 Å². The molecule has 0 spiro atoms. The van der Waals surface area contributed by atoms with E-state index >= 15 is 0 Å². The number of carbonyl (C=O) groups is 1. The molecule has 0 aromatic heterocycles. The van der Waals surface area contributed by atoms with Crippen LogP contribution in [-0.2, 0) is 10.0 Å². The van der Waals surface area contributed by atoms with E-state index in [2.05, 4.69) is 4.72 Å². The van der Waals surface area contributed by atoms with Gasteiger partial charge < -0.3 is 0 Å². The molecule has 8 heteroatoms. The van der Waals surface area contributed by atoms with Crippen molar-refractivity contribution in [2.75, 3.05) is 4.72 Å². The molecule has 3 aromatic carbocycles. The first-order valence-corrected chi connectivity index (χ1v) is 10.2. The number of aryl methyl sites for hydroxylation is 1. The molecule has 0 aliphatic heterocycles. The zero-order chi connectivity index (χ0) is 21.2. The van der Waals surface area contributed by atoms with Crippen LogP contribution in [0.5, 0.6) is 0 Å². The lowest BCUT2D eigenvalue weighted by molar-refractivity contribution is -0.384. The molecule has 3 aromatic rings. The molecule has 0 saturated carbocycles. The molecule has 0 fully saturated rings. The van der Waals surface area contributed by atoms with Crippen molar-refractivity contribution in [2.45, 2.75) is 18.7 Å². The summed E-state index contributed by atoms with van der Waals surface area (Å²) in [7, 11) is -4.07. The number of benzene rings is 3. The van der Waals surface area contributed by atoms with Crippen molar-refractivity contribution < 1.29 is 18.1 Å². The van der Waals surface area contributed by atoms with Gasteiger partial charge in [0.2, 0.25) is 0 Å². The normalized spacial score (nSPS) is 11.1. The largest absolute Gasteiger partial charge is 0.289 e. The number of ketones is 1. The van der Waals surface area contributed by atoms with E-state index in [1.165, 1.54) is 24.3 Å². The van der Waals surface area contributed by atoms with E-state index in [9.17, 15) is 23.3 Å². The van der Waals surface area contributed by atoms with Gasteiger partial charge in [-0.15, -0.1) is 0 Å². The van der Waals surface area contributed by atoms with Crippen LogP contribution in [0.1, 0.15) is 27.0 Å². The molecule has 7 nitrogen and oxygen atoms in total. The topological polar surface area (TPSA) is 106 Å². The molecule has 29 heavy (non-hydrogen) atoms. The Hall–Kier alpha value is -3.52. The molecule has 0 heterocycles. The van der Waals surface area contributed by atoms with Gasteiger partial charge in [0.1, 0.15) is 0 Å². The fourth-order valence-electron chi connectivity index (χ4n) is 2.98. The molecule has 3 rings (SSSR count). The average Bonchev–Trinajstić information content (AvgIpc) is 2.69. The number of nitro groups is 1. The van der Waals surface area contributed by atoms with Gasteiger partial charge >= 0.3 is 0 Å². The van der Waals surface area contributed by atoms with Crippen LogP contribution in [0.4, 0.5) is 11.4 Å². The molecule has 0 radical (unpaired) electrons. The van der Waals surface area contributed by atoms with Gasteiger partial charge in [0, 0.05) is 23.3 Å². The number of carbonyl (C=O) groups excluding carboxylic acids is 1. The Morgan fingerprint density at radius 2 is 1.66 bits per heavy atom. The third kappa shape index (κ3) is 4.33. The second kappa shape index (κ2) is 7.84. The van der Waals surface area contributed by atoms with E-state index in [-0.39, 0.29) is 27.6 Å². The minimum atomic E-state index is -4.07. The Balaban J connectivity index is 2.04. The van der Waals surface area contributed by atoms with Crippen molar-refractivity contribution in [3.8, 4) is 0 Å². The third-order valence-corrected chi connectivity index (χ3v) is 5.89. The first kappa shape index (κ1) is 20.2. The molecule has 148 valence electrons. The molecule has 1 N–H and O–H groups in total. The minimum Gasteiger partial charge on any atom is -0.289 e. The van der Waals surface area contributed by atoms with Crippen molar-refractivity contribution in [1.82, 2.24) is 0 Å². The van der Waals surface area contributed by atoms with E-state index in [1.807, 2.05) is 0 Å². The summed E-state index contributed by atoms with van der Waals surface area (Å²) < 4.78 is 28.3. The van der Waals surface area contributed by atoms with E-state index < -0.39 is 14.9 Å². The van der Waals surface area contributed by atoms with E-state index in [4.69, 9.17) is 0 Å². The summed E-state index contributed by atoms with van der Waals surface area (Å²) in [6.45, 7) is 3.27. The van der Waals surface area contributed by atoms with Crippen LogP contribution in [0.3, 0.4) is 0 Å². The fourth-order valence-corrected chi connectivity index (χ4v) is 4.38. The highest BCUT2D eigenvalue weighted by Gasteiger charge is 2.23. The molecule has 0 unspecified atom stereocenters. The van der Waals surface area contributed by atoms with Crippen LogP contribution in [0, 0.1) is 24.0 Å². The average molecular weight is 410 g/mol. The third-order valence-electron chi connectivity index (χ3n) is 4.38. The van der Waals surface area contributed by atoms with Crippen LogP contribution < -0.4 is 4.72 Å². The zero-order valence-electron chi connectivity index (χ0n) is 15.7. The summed E-state index contributed by atoms with van der Waals surface area (Å²) in [6, 6.07) is 16.9. The number of nitrogens with zero attached hydrogens (tertiary/aromatic N) is 1. The van der Waals surface area contributed by atoms with E-state index in [0.29, 0.717) is 16.7 Å². The van der Waals surface area contributed by atoms with Gasteiger partial charge in [-0.25, -0.2) is 8.42 Å². The quantitative estimate of drug-likeness (QED) is 0.372. The maximum absolute atomic E-state index is 13.0. The van der Waals surface area contributed by atoms with Crippen LogP contribution in [-0.4, -0.2) is 19.1 Å². The zero-order valence-corrected chi connectivity index (χ0v) is 16.6. The summed E-state index contributed by atoms with van der Waals surface area (Å²) in [5.74, 6) is -0.279. The molecule has 0 saturated heterocycles. The van der Waals surface area contributed by atoms with Crippen LogP contribution >= 0.6 is 0 Å². The molecule has 0 aliphatic rings.